The third-order valence-electron chi connectivity index (χ3n) is 2.09. The zero-order valence-electron chi connectivity index (χ0n) is 10.3. The number of aromatic amines is 1. The zero-order chi connectivity index (χ0) is 12.8. The molecule has 0 fully saturated rings. The number of hydrogen-bond donors (Lipinski definition) is 2. The normalized spacial score (nSPS) is 10.1. The third kappa shape index (κ3) is 3.86. The molecule has 1 rings (SSSR count). The molecule has 0 aliphatic carbocycles. The lowest BCUT2D eigenvalue weighted by Gasteiger charge is -2.14. The van der Waals surface area contributed by atoms with E-state index in [9.17, 15) is 9.59 Å². The van der Waals surface area contributed by atoms with E-state index in [2.05, 4.69) is 20.5 Å². The van der Waals surface area contributed by atoms with Crippen molar-refractivity contribution in [1.29, 1.82) is 0 Å². The summed E-state index contributed by atoms with van der Waals surface area (Å²) >= 11 is 0. The molecule has 0 spiro atoms. The van der Waals surface area contributed by atoms with E-state index in [1.54, 1.807) is 14.0 Å². The van der Waals surface area contributed by atoms with Crippen molar-refractivity contribution in [2.75, 3.05) is 20.1 Å². The van der Waals surface area contributed by atoms with Gasteiger partial charge in [-0.05, 0) is 13.3 Å². The Balaban J connectivity index is 2.50. The van der Waals surface area contributed by atoms with E-state index in [-0.39, 0.29) is 24.2 Å². The van der Waals surface area contributed by atoms with Crippen LogP contribution < -0.4 is 5.32 Å². The van der Waals surface area contributed by atoms with Crippen LogP contribution >= 0.6 is 0 Å². The van der Waals surface area contributed by atoms with Crippen molar-refractivity contribution < 1.29 is 9.59 Å². The van der Waals surface area contributed by atoms with Crippen LogP contribution in [0.3, 0.4) is 0 Å². The van der Waals surface area contributed by atoms with Crippen LogP contribution in [0.1, 0.15) is 29.8 Å². The first-order valence-electron chi connectivity index (χ1n) is 5.45. The summed E-state index contributed by atoms with van der Waals surface area (Å²) in [5.41, 5.74) is 0. The summed E-state index contributed by atoms with van der Waals surface area (Å²) in [7, 11) is 1.54. The number of likely N-dealkylation sites (N-methyl/N-ethyl adjacent to an activating group) is 1. The van der Waals surface area contributed by atoms with Gasteiger partial charge in [0.25, 0.3) is 5.91 Å². The van der Waals surface area contributed by atoms with Gasteiger partial charge in [0.15, 0.2) is 0 Å². The fraction of sp³-hybridized carbons (Fsp3) is 0.600. The van der Waals surface area contributed by atoms with Gasteiger partial charge in [0, 0.05) is 13.6 Å². The van der Waals surface area contributed by atoms with Gasteiger partial charge in [-0.3, -0.25) is 14.7 Å². The Kier molecular flexibility index (Phi) is 4.62. The molecule has 1 aromatic rings. The standard InChI is InChI=1S/C10H17N5O2/c1-4-5-11-8(16)6-15(3)10(17)9-12-7(2)13-14-9/h4-6H2,1-3H3,(H,11,16)(H,12,13,14). The first-order chi connectivity index (χ1) is 8.04. The molecule has 0 radical (unpaired) electrons. The van der Waals surface area contributed by atoms with Crippen LogP contribution in [0.15, 0.2) is 0 Å². The molecular formula is C10H17N5O2. The van der Waals surface area contributed by atoms with E-state index in [0.717, 1.165) is 6.42 Å². The predicted octanol–water partition coefficient (Wildman–Crippen LogP) is -0.289. The smallest absolute Gasteiger partial charge is 0.293 e. The molecule has 0 unspecified atom stereocenters. The largest absolute Gasteiger partial charge is 0.355 e. The van der Waals surface area contributed by atoms with Crippen molar-refractivity contribution in [2.24, 2.45) is 0 Å². The van der Waals surface area contributed by atoms with E-state index in [1.165, 1.54) is 4.90 Å². The predicted molar refractivity (Wildman–Crippen MR) is 61.4 cm³/mol. The average Bonchev–Trinajstić information content (AvgIpc) is 2.72. The number of amides is 2. The summed E-state index contributed by atoms with van der Waals surface area (Å²) in [6, 6.07) is 0. The minimum atomic E-state index is -0.374. The summed E-state index contributed by atoms with van der Waals surface area (Å²) in [5, 5.41) is 9.02. The van der Waals surface area contributed by atoms with Gasteiger partial charge in [-0.2, -0.15) is 0 Å². The maximum Gasteiger partial charge on any atom is 0.293 e. The molecule has 2 amide bonds. The van der Waals surface area contributed by atoms with Crippen molar-refractivity contribution in [1.82, 2.24) is 25.4 Å². The van der Waals surface area contributed by atoms with Crippen molar-refractivity contribution in [3.8, 4) is 0 Å². The molecular weight excluding hydrogens is 222 g/mol. The Morgan fingerprint density at radius 1 is 1.47 bits per heavy atom. The molecule has 0 atom stereocenters. The Labute approximate surface area is 99.6 Å². The number of aromatic nitrogens is 3. The molecule has 0 saturated heterocycles. The van der Waals surface area contributed by atoms with Crippen LogP contribution in [0.5, 0.6) is 0 Å². The van der Waals surface area contributed by atoms with Crippen LogP contribution in [0, 0.1) is 6.92 Å². The van der Waals surface area contributed by atoms with E-state index in [4.69, 9.17) is 0 Å². The minimum Gasteiger partial charge on any atom is -0.355 e. The van der Waals surface area contributed by atoms with Crippen LogP contribution in [0.2, 0.25) is 0 Å². The van der Waals surface area contributed by atoms with Gasteiger partial charge >= 0.3 is 0 Å². The van der Waals surface area contributed by atoms with Gasteiger partial charge in [-0.1, -0.05) is 6.92 Å². The maximum atomic E-state index is 11.8. The van der Waals surface area contributed by atoms with E-state index >= 15 is 0 Å². The molecule has 94 valence electrons. The summed E-state index contributed by atoms with van der Waals surface area (Å²) in [5.74, 6) is 0.0847. The summed E-state index contributed by atoms with van der Waals surface area (Å²) < 4.78 is 0. The third-order valence-corrected chi connectivity index (χ3v) is 2.09. The maximum absolute atomic E-state index is 11.8. The summed E-state index contributed by atoms with van der Waals surface area (Å²) in [4.78, 5) is 28.4. The molecule has 17 heavy (non-hydrogen) atoms. The molecule has 0 bridgehead atoms. The Morgan fingerprint density at radius 3 is 2.71 bits per heavy atom. The number of hydrogen-bond acceptors (Lipinski definition) is 4. The number of carbonyl (C=O) groups is 2. The zero-order valence-corrected chi connectivity index (χ0v) is 10.3. The van der Waals surface area contributed by atoms with Crippen LogP contribution in [0.25, 0.3) is 0 Å². The topological polar surface area (TPSA) is 91.0 Å². The van der Waals surface area contributed by atoms with Crippen molar-refractivity contribution in [3.05, 3.63) is 11.6 Å². The quantitative estimate of drug-likeness (QED) is 0.738. The first-order valence-corrected chi connectivity index (χ1v) is 5.45. The van der Waals surface area contributed by atoms with Crippen molar-refractivity contribution in [2.45, 2.75) is 20.3 Å². The average molecular weight is 239 g/mol. The first kappa shape index (κ1) is 13.1. The number of aryl methyl sites for hydroxylation is 1. The molecule has 0 saturated carbocycles. The Bertz CT molecular complexity index is 401. The molecule has 2 N–H and O–H groups in total. The lowest BCUT2D eigenvalue weighted by Crippen LogP contribution is -2.38. The molecule has 1 aromatic heterocycles. The van der Waals surface area contributed by atoms with E-state index in [0.29, 0.717) is 12.4 Å². The highest BCUT2D eigenvalue weighted by molar-refractivity contribution is 5.93. The van der Waals surface area contributed by atoms with Gasteiger partial charge in [-0.25, -0.2) is 4.98 Å². The van der Waals surface area contributed by atoms with Gasteiger partial charge < -0.3 is 10.2 Å². The monoisotopic (exact) mass is 239 g/mol. The SMILES string of the molecule is CCCNC(=O)CN(C)C(=O)c1n[nH]c(C)n1. The highest BCUT2D eigenvalue weighted by Gasteiger charge is 2.18. The molecule has 7 heteroatoms. The fourth-order valence-corrected chi connectivity index (χ4v) is 1.22. The van der Waals surface area contributed by atoms with Crippen LogP contribution in [-0.2, 0) is 4.79 Å². The lowest BCUT2D eigenvalue weighted by atomic mass is 10.4. The fourth-order valence-electron chi connectivity index (χ4n) is 1.22. The second kappa shape index (κ2) is 5.97. The molecule has 1 heterocycles. The number of H-pyrrole nitrogens is 1. The molecule has 7 nitrogen and oxygen atoms in total. The van der Waals surface area contributed by atoms with Crippen molar-refractivity contribution in [3.63, 3.8) is 0 Å². The number of rotatable bonds is 5. The Hall–Kier alpha value is -1.92. The lowest BCUT2D eigenvalue weighted by molar-refractivity contribution is -0.121. The molecule has 0 aliphatic rings. The number of nitrogens with zero attached hydrogens (tertiary/aromatic N) is 3. The summed E-state index contributed by atoms with van der Waals surface area (Å²) in [6.45, 7) is 4.29. The van der Waals surface area contributed by atoms with Crippen LogP contribution in [-0.4, -0.2) is 52.0 Å². The van der Waals surface area contributed by atoms with E-state index in [1.807, 2.05) is 6.92 Å². The van der Waals surface area contributed by atoms with Gasteiger partial charge in [0.05, 0.1) is 6.54 Å². The van der Waals surface area contributed by atoms with E-state index < -0.39 is 0 Å². The second-order valence-corrected chi connectivity index (χ2v) is 3.76. The van der Waals surface area contributed by atoms with Crippen molar-refractivity contribution >= 4 is 11.8 Å². The van der Waals surface area contributed by atoms with Gasteiger partial charge in [0.2, 0.25) is 11.7 Å². The highest BCUT2D eigenvalue weighted by atomic mass is 16.2. The van der Waals surface area contributed by atoms with Crippen LogP contribution in [0.4, 0.5) is 0 Å². The second-order valence-electron chi connectivity index (χ2n) is 3.76. The molecule has 0 aliphatic heterocycles. The molecule has 0 aromatic carbocycles. The van der Waals surface area contributed by atoms with Gasteiger partial charge in [-0.15, -0.1) is 5.10 Å². The van der Waals surface area contributed by atoms with Gasteiger partial charge in [0.1, 0.15) is 5.82 Å². The number of carbonyl (C=O) groups excluding carboxylic acids is 2. The minimum absolute atomic E-state index is 0.00637. The Morgan fingerprint density at radius 2 is 2.18 bits per heavy atom. The number of nitrogens with one attached hydrogen (secondary N) is 2. The summed E-state index contributed by atoms with van der Waals surface area (Å²) in [6.07, 6.45) is 0.865. The highest BCUT2D eigenvalue weighted by Crippen LogP contribution is 1.96.